The van der Waals surface area contributed by atoms with Crippen molar-refractivity contribution in [1.29, 1.82) is 0 Å². The summed E-state index contributed by atoms with van der Waals surface area (Å²) in [5.74, 6) is 0.134. The van der Waals surface area contributed by atoms with Crippen molar-refractivity contribution in [1.82, 2.24) is 0 Å². The number of rotatable bonds is 2. The average Bonchev–Trinajstić information content (AvgIpc) is 2.78. The highest BCUT2D eigenvalue weighted by Crippen LogP contribution is 2.54. The minimum Gasteiger partial charge on any atom is -0.289 e. The van der Waals surface area contributed by atoms with Gasteiger partial charge in [-0.15, -0.1) is 0 Å². The first-order valence-corrected chi connectivity index (χ1v) is 11.7. The highest BCUT2D eigenvalue weighted by atomic mass is 79.9. The number of hydrogen-bond donors (Lipinski definition) is 0. The van der Waals surface area contributed by atoms with Crippen LogP contribution in [0.4, 0.5) is 0 Å². The van der Waals surface area contributed by atoms with Gasteiger partial charge in [-0.2, -0.15) is 0 Å². The molecule has 3 aromatic carbocycles. The van der Waals surface area contributed by atoms with Crippen LogP contribution >= 0.6 is 31.9 Å². The molecule has 0 amide bonds. The van der Waals surface area contributed by atoms with E-state index in [9.17, 15) is 4.79 Å². The molecule has 5 rings (SSSR count). The maximum Gasteiger partial charge on any atom is 0.193 e. The first-order valence-electron chi connectivity index (χ1n) is 10.1. The molecule has 0 aromatic heterocycles. The lowest BCUT2D eigenvalue weighted by Gasteiger charge is -2.44. The van der Waals surface area contributed by atoms with Gasteiger partial charge >= 0.3 is 0 Å². The van der Waals surface area contributed by atoms with E-state index >= 15 is 0 Å². The minimum absolute atomic E-state index is 0.134. The van der Waals surface area contributed by atoms with Gasteiger partial charge in [-0.1, -0.05) is 98.6 Å². The largest absolute Gasteiger partial charge is 0.289 e. The van der Waals surface area contributed by atoms with E-state index in [-0.39, 0.29) is 5.78 Å². The van der Waals surface area contributed by atoms with Crippen molar-refractivity contribution in [3.05, 3.63) is 127 Å². The quantitative estimate of drug-likeness (QED) is 0.339. The predicted molar refractivity (Wildman–Crippen MR) is 129 cm³/mol. The molecule has 0 radical (unpaired) electrons. The fourth-order valence-electron chi connectivity index (χ4n) is 5.10. The van der Waals surface area contributed by atoms with Crippen LogP contribution in [0, 0.1) is 6.92 Å². The molecule has 0 saturated carbocycles. The molecule has 30 heavy (non-hydrogen) atoms. The molecule has 1 atom stereocenters. The van der Waals surface area contributed by atoms with Gasteiger partial charge in [0.1, 0.15) is 0 Å². The highest BCUT2D eigenvalue weighted by molar-refractivity contribution is 9.11. The standard InChI is InChI=1S/C27H20Br2O/c1-17-24(15-19(28)16-25(17)29)27(18-9-3-2-4-10-18)22-13-7-5-11-20(22)26(30)21-12-6-8-14-23(21)27/h2-7,9-13,15-16H,8,14H2,1H3. The first kappa shape index (κ1) is 19.7. The fourth-order valence-corrected chi connectivity index (χ4v) is 6.32. The second-order valence-corrected chi connectivity index (χ2v) is 9.65. The Morgan fingerprint density at radius 2 is 1.63 bits per heavy atom. The molecule has 0 saturated heterocycles. The maximum absolute atomic E-state index is 13.5. The molecule has 1 unspecified atom stereocenters. The second kappa shape index (κ2) is 7.47. The number of fused-ring (bicyclic) bond motifs is 1. The maximum atomic E-state index is 13.5. The van der Waals surface area contributed by atoms with Gasteiger partial charge < -0.3 is 0 Å². The van der Waals surface area contributed by atoms with E-state index in [0.717, 1.165) is 38.5 Å². The SMILES string of the molecule is Cc1c(Br)cc(Br)cc1C1(c2ccccc2)C2=C(C=CCC2)C(=O)c2ccccc21. The van der Waals surface area contributed by atoms with Crippen molar-refractivity contribution >= 4 is 37.6 Å². The zero-order chi connectivity index (χ0) is 20.9. The Hall–Kier alpha value is -2.23. The molecule has 2 aliphatic carbocycles. The highest BCUT2D eigenvalue weighted by Gasteiger charge is 2.48. The third-order valence-corrected chi connectivity index (χ3v) is 7.65. The van der Waals surface area contributed by atoms with Crippen LogP contribution in [-0.4, -0.2) is 5.78 Å². The number of allylic oxidation sites excluding steroid dienone is 4. The van der Waals surface area contributed by atoms with E-state index in [4.69, 9.17) is 0 Å². The molecule has 3 heteroatoms. The normalized spacial score (nSPS) is 20.2. The van der Waals surface area contributed by atoms with Crippen molar-refractivity contribution < 1.29 is 4.79 Å². The van der Waals surface area contributed by atoms with Gasteiger partial charge in [-0.05, 0) is 59.7 Å². The molecule has 0 aliphatic heterocycles. The van der Waals surface area contributed by atoms with E-state index < -0.39 is 5.41 Å². The number of carbonyl (C=O) groups is 1. The Balaban J connectivity index is 2.02. The molecule has 148 valence electrons. The number of carbonyl (C=O) groups excluding carboxylic acids is 1. The van der Waals surface area contributed by atoms with Gasteiger partial charge in [-0.3, -0.25) is 4.79 Å². The number of ketones is 1. The van der Waals surface area contributed by atoms with Crippen molar-refractivity contribution in [2.75, 3.05) is 0 Å². The Labute approximate surface area is 193 Å². The third-order valence-electron chi connectivity index (χ3n) is 6.36. The zero-order valence-corrected chi connectivity index (χ0v) is 19.8. The summed E-state index contributed by atoms with van der Waals surface area (Å²) >= 11 is 7.50. The summed E-state index contributed by atoms with van der Waals surface area (Å²) in [6.45, 7) is 2.16. The summed E-state index contributed by atoms with van der Waals surface area (Å²) in [5.41, 5.74) is 6.99. The van der Waals surface area contributed by atoms with Gasteiger partial charge in [0.25, 0.3) is 0 Å². The van der Waals surface area contributed by atoms with Crippen LogP contribution in [0.25, 0.3) is 0 Å². The van der Waals surface area contributed by atoms with Crippen LogP contribution in [0.3, 0.4) is 0 Å². The van der Waals surface area contributed by atoms with Crippen LogP contribution in [0.1, 0.15) is 45.5 Å². The van der Waals surface area contributed by atoms with Crippen LogP contribution in [0.15, 0.2) is 99.0 Å². The Kier molecular flexibility index (Phi) is 4.91. The summed E-state index contributed by atoms with van der Waals surface area (Å²) in [6, 6.07) is 23.1. The molecule has 0 spiro atoms. The van der Waals surface area contributed by atoms with Crippen molar-refractivity contribution in [2.24, 2.45) is 0 Å². The molecule has 3 aromatic rings. The zero-order valence-electron chi connectivity index (χ0n) is 16.6. The topological polar surface area (TPSA) is 17.1 Å². The lowest BCUT2D eigenvalue weighted by atomic mass is 9.57. The molecular weight excluding hydrogens is 500 g/mol. The van der Waals surface area contributed by atoms with Crippen LogP contribution in [0.2, 0.25) is 0 Å². The van der Waals surface area contributed by atoms with E-state index in [1.807, 2.05) is 18.2 Å². The monoisotopic (exact) mass is 518 g/mol. The Morgan fingerprint density at radius 3 is 2.43 bits per heavy atom. The van der Waals surface area contributed by atoms with Gasteiger partial charge in [0.05, 0.1) is 5.41 Å². The number of halogens is 2. The third kappa shape index (κ3) is 2.75. The summed E-state index contributed by atoms with van der Waals surface area (Å²) in [7, 11) is 0. The molecule has 1 nitrogen and oxygen atoms in total. The van der Waals surface area contributed by atoms with Gasteiger partial charge in [0.2, 0.25) is 0 Å². The van der Waals surface area contributed by atoms with Crippen molar-refractivity contribution in [3.63, 3.8) is 0 Å². The molecule has 0 bridgehead atoms. The number of Topliss-reactive ketones (excluding diaryl/α,β-unsaturated/α-hetero) is 1. The van der Waals surface area contributed by atoms with Gasteiger partial charge in [0.15, 0.2) is 5.78 Å². The smallest absolute Gasteiger partial charge is 0.193 e. The number of benzene rings is 3. The number of hydrogen-bond acceptors (Lipinski definition) is 1. The van der Waals surface area contributed by atoms with E-state index in [1.165, 1.54) is 22.3 Å². The molecule has 0 fully saturated rings. The summed E-state index contributed by atoms with van der Waals surface area (Å²) in [6.07, 6.45) is 5.97. The van der Waals surface area contributed by atoms with Gasteiger partial charge in [0, 0.05) is 20.1 Å². The summed E-state index contributed by atoms with van der Waals surface area (Å²) < 4.78 is 2.08. The van der Waals surface area contributed by atoms with Crippen LogP contribution in [0.5, 0.6) is 0 Å². The van der Waals surface area contributed by atoms with E-state index in [1.54, 1.807) is 0 Å². The average molecular weight is 520 g/mol. The molecular formula is C27H20Br2O. The summed E-state index contributed by atoms with van der Waals surface area (Å²) in [5, 5.41) is 0. The van der Waals surface area contributed by atoms with Crippen LogP contribution < -0.4 is 0 Å². The first-order chi connectivity index (χ1) is 14.5. The molecule has 0 heterocycles. The van der Waals surface area contributed by atoms with E-state index in [2.05, 4.69) is 99.5 Å². The molecule has 0 N–H and O–H groups in total. The van der Waals surface area contributed by atoms with Crippen molar-refractivity contribution in [2.45, 2.75) is 25.2 Å². The Bertz CT molecular complexity index is 1240. The van der Waals surface area contributed by atoms with E-state index in [0.29, 0.717) is 0 Å². The predicted octanol–water partition coefficient (Wildman–Crippen LogP) is 7.70. The Morgan fingerprint density at radius 1 is 0.900 bits per heavy atom. The molecule has 2 aliphatic rings. The minimum atomic E-state index is -0.512. The lowest BCUT2D eigenvalue weighted by molar-refractivity contribution is 0.103. The van der Waals surface area contributed by atoms with Crippen molar-refractivity contribution in [3.8, 4) is 0 Å². The fraction of sp³-hybridized carbons (Fsp3) is 0.148. The lowest BCUT2D eigenvalue weighted by Crippen LogP contribution is -2.39. The summed E-state index contributed by atoms with van der Waals surface area (Å²) in [4.78, 5) is 13.5. The van der Waals surface area contributed by atoms with Crippen LogP contribution in [-0.2, 0) is 5.41 Å². The van der Waals surface area contributed by atoms with Gasteiger partial charge in [-0.25, -0.2) is 0 Å². The second-order valence-electron chi connectivity index (χ2n) is 7.88.